The maximum Gasteiger partial charge on any atom is 0.234 e. The molecule has 0 atom stereocenters. The third kappa shape index (κ3) is 1.90. The van der Waals surface area contributed by atoms with E-state index in [9.17, 15) is 4.79 Å². The summed E-state index contributed by atoms with van der Waals surface area (Å²) < 4.78 is 5.49. The van der Waals surface area contributed by atoms with Crippen molar-refractivity contribution in [3.8, 4) is 0 Å². The Morgan fingerprint density at radius 2 is 2.26 bits per heavy atom. The van der Waals surface area contributed by atoms with Crippen LogP contribution in [0.3, 0.4) is 0 Å². The Kier molecular flexibility index (Phi) is 2.60. The fourth-order valence-electron chi connectivity index (χ4n) is 2.37. The van der Waals surface area contributed by atoms with Gasteiger partial charge in [-0.2, -0.15) is 0 Å². The maximum absolute atomic E-state index is 12.4. The molecule has 2 N–H and O–H groups in total. The lowest BCUT2D eigenvalue weighted by atomic mass is 10.1. The molecule has 0 saturated heterocycles. The fourth-order valence-corrected chi connectivity index (χ4v) is 2.37. The Morgan fingerprint density at radius 3 is 2.89 bits per heavy atom. The van der Waals surface area contributed by atoms with Crippen LogP contribution >= 0.6 is 0 Å². The van der Waals surface area contributed by atoms with E-state index in [2.05, 4.69) is 4.98 Å². The van der Waals surface area contributed by atoms with Gasteiger partial charge in [-0.25, -0.2) is 4.98 Å². The number of hydrogen-bond acceptors (Lipinski definition) is 4. The molecule has 1 aliphatic carbocycles. The van der Waals surface area contributed by atoms with E-state index in [1.54, 1.807) is 11.9 Å². The van der Waals surface area contributed by atoms with E-state index in [-0.39, 0.29) is 11.3 Å². The fraction of sp³-hybridized carbons (Fsp3) is 0.429. The van der Waals surface area contributed by atoms with Gasteiger partial charge >= 0.3 is 0 Å². The van der Waals surface area contributed by atoms with Crippen molar-refractivity contribution in [1.82, 2.24) is 4.98 Å². The monoisotopic (exact) mass is 259 g/mol. The maximum atomic E-state index is 12.4. The SMILES string of the molecule is Cc1nc2ccc(N(C)C(=O)C3(CN)CC3)cc2o1. The number of nitrogens with zero attached hydrogens (tertiary/aromatic N) is 2. The molecular formula is C14H17N3O2. The Morgan fingerprint density at radius 1 is 1.53 bits per heavy atom. The van der Waals surface area contributed by atoms with Gasteiger partial charge in [0.2, 0.25) is 5.91 Å². The van der Waals surface area contributed by atoms with Crippen LogP contribution in [0.1, 0.15) is 18.7 Å². The van der Waals surface area contributed by atoms with Crippen molar-refractivity contribution in [2.75, 3.05) is 18.5 Å². The number of aromatic nitrogens is 1. The van der Waals surface area contributed by atoms with Gasteiger partial charge in [0.15, 0.2) is 11.5 Å². The molecule has 0 unspecified atom stereocenters. The van der Waals surface area contributed by atoms with E-state index < -0.39 is 0 Å². The van der Waals surface area contributed by atoms with Crippen molar-refractivity contribution in [3.63, 3.8) is 0 Å². The standard InChI is InChI=1S/C14H17N3O2/c1-9-16-11-4-3-10(7-12(11)19-9)17(2)13(18)14(8-15)5-6-14/h3-4,7H,5-6,8,15H2,1-2H3. The van der Waals surface area contributed by atoms with E-state index in [4.69, 9.17) is 10.2 Å². The average molecular weight is 259 g/mol. The summed E-state index contributed by atoms with van der Waals surface area (Å²) in [5.74, 6) is 0.715. The molecule has 1 aliphatic rings. The molecule has 0 radical (unpaired) electrons. The number of benzene rings is 1. The number of aryl methyl sites for hydroxylation is 1. The van der Waals surface area contributed by atoms with Gasteiger partial charge in [0.05, 0.1) is 5.41 Å². The van der Waals surface area contributed by atoms with Crippen LogP contribution in [0.5, 0.6) is 0 Å². The molecule has 0 aliphatic heterocycles. The van der Waals surface area contributed by atoms with Gasteiger partial charge in [-0.1, -0.05) is 0 Å². The molecule has 5 nitrogen and oxygen atoms in total. The minimum atomic E-state index is -0.332. The summed E-state index contributed by atoms with van der Waals surface area (Å²) in [6.45, 7) is 2.22. The molecule has 1 saturated carbocycles. The second-order valence-electron chi connectivity index (χ2n) is 5.23. The molecular weight excluding hydrogens is 242 g/mol. The van der Waals surface area contributed by atoms with Crippen LogP contribution in [0.4, 0.5) is 5.69 Å². The van der Waals surface area contributed by atoms with Crippen molar-refractivity contribution in [1.29, 1.82) is 0 Å². The van der Waals surface area contributed by atoms with Crippen LogP contribution in [-0.4, -0.2) is 24.5 Å². The Labute approximate surface area is 111 Å². The molecule has 3 rings (SSSR count). The molecule has 19 heavy (non-hydrogen) atoms. The molecule has 1 aromatic carbocycles. The van der Waals surface area contributed by atoms with Gasteiger partial charge in [-0.05, 0) is 25.0 Å². The van der Waals surface area contributed by atoms with Gasteiger partial charge in [-0.15, -0.1) is 0 Å². The minimum Gasteiger partial charge on any atom is -0.441 e. The van der Waals surface area contributed by atoms with E-state index in [1.165, 1.54) is 0 Å². The van der Waals surface area contributed by atoms with Crippen LogP contribution in [-0.2, 0) is 4.79 Å². The van der Waals surface area contributed by atoms with Crippen molar-refractivity contribution in [3.05, 3.63) is 24.1 Å². The first-order valence-electron chi connectivity index (χ1n) is 6.41. The summed E-state index contributed by atoms with van der Waals surface area (Å²) in [4.78, 5) is 18.3. The number of hydrogen-bond donors (Lipinski definition) is 1. The van der Waals surface area contributed by atoms with Crippen LogP contribution < -0.4 is 10.6 Å². The highest BCUT2D eigenvalue weighted by Crippen LogP contribution is 2.46. The van der Waals surface area contributed by atoms with E-state index in [1.807, 2.05) is 25.1 Å². The number of carbonyl (C=O) groups is 1. The Balaban J connectivity index is 1.93. The summed E-state index contributed by atoms with van der Waals surface area (Å²) >= 11 is 0. The lowest BCUT2D eigenvalue weighted by molar-refractivity contribution is -0.123. The lowest BCUT2D eigenvalue weighted by Crippen LogP contribution is -2.38. The number of amides is 1. The largest absolute Gasteiger partial charge is 0.441 e. The third-order valence-electron chi connectivity index (χ3n) is 3.87. The van der Waals surface area contributed by atoms with Gasteiger partial charge in [0, 0.05) is 32.3 Å². The first kappa shape index (κ1) is 12.2. The summed E-state index contributed by atoms with van der Waals surface area (Å²) in [7, 11) is 1.78. The Bertz CT molecular complexity index is 643. The number of nitrogens with two attached hydrogens (primary N) is 1. The second kappa shape index (κ2) is 4.06. The van der Waals surface area contributed by atoms with E-state index in [0.29, 0.717) is 18.0 Å². The normalized spacial score (nSPS) is 16.6. The van der Waals surface area contributed by atoms with Gasteiger partial charge in [0.25, 0.3) is 0 Å². The number of oxazole rings is 1. The molecule has 100 valence electrons. The molecule has 0 spiro atoms. The number of fused-ring (bicyclic) bond motifs is 1. The highest BCUT2D eigenvalue weighted by atomic mass is 16.3. The topological polar surface area (TPSA) is 72.4 Å². The molecule has 5 heteroatoms. The van der Waals surface area contributed by atoms with Crippen LogP contribution in [0.25, 0.3) is 11.1 Å². The van der Waals surface area contributed by atoms with Crippen molar-refractivity contribution >= 4 is 22.7 Å². The zero-order chi connectivity index (χ0) is 13.6. The van der Waals surface area contributed by atoms with Crippen LogP contribution in [0, 0.1) is 12.3 Å². The predicted octanol–water partition coefficient (Wildman–Crippen LogP) is 1.84. The molecule has 1 amide bonds. The number of anilines is 1. The molecule has 0 bridgehead atoms. The summed E-state index contributed by atoms with van der Waals surface area (Å²) in [6.07, 6.45) is 1.77. The lowest BCUT2D eigenvalue weighted by Gasteiger charge is -2.22. The van der Waals surface area contributed by atoms with E-state index >= 15 is 0 Å². The Hall–Kier alpha value is -1.88. The number of carbonyl (C=O) groups excluding carboxylic acids is 1. The average Bonchev–Trinajstić information content (AvgIpc) is 3.12. The zero-order valence-corrected chi connectivity index (χ0v) is 11.1. The van der Waals surface area contributed by atoms with Crippen LogP contribution in [0.15, 0.2) is 22.6 Å². The van der Waals surface area contributed by atoms with Crippen LogP contribution in [0.2, 0.25) is 0 Å². The zero-order valence-electron chi connectivity index (χ0n) is 11.1. The quantitative estimate of drug-likeness (QED) is 0.912. The first-order valence-corrected chi connectivity index (χ1v) is 6.41. The van der Waals surface area contributed by atoms with Crippen molar-refractivity contribution in [2.45, 2.75) is 19.8 Å². The van der Waals surface area contributed by atoms with E-state index in [0.717, 1.165) is 24.0 Å². The van der Waals surface area contributed by atoms with Crippen molar-refractivity contribution in [2.24, 2.45) is 11.1 Å². The van der Waals surface area contributed by atoms with Crippen molar-refractivity contribution < 1.29 is 9.21 Å². The van der Waals surface area contributed by atoms with Gasteiger partial charge < -0.3 is 15.1 Å². The predicted molar refractivity (Wildman–Crippen MR) is 72.9 cm³/mol. The smallest absolute Gasteiger partial charge is 0.234 e. The molecule has 1 heterocycles. The first-order chi connectivity index (χ1) is 9.05. The molecule has 1 aromatic heterocycles. The third-order valence-corrected chi connectivity index (χ3v) is 3.87. The molecule has 2 aromatic rings. The highest BCUT2D eigenvalue weighted by Gasteiger charge is 2.50. The highest BCUT2D eigenvalue weighted by molar-refractivity contribution is 6.00. The summed E-state index contributed by atoms with van der Waals surface area (Å²) in [5.41, 5.74) is 7.69. The van der Waals surface area contributed by atoms with Gasteiger partial charge in [-0.3, -0.25) is 4.79 Å². The minimum absolute atomic E-state index is 0.0885. The second-order valence-corrected chi connectivity index (χ2v) is 5.23. The summed E-state index contributed by atoms with van der Waals surface area (Å²) in [5, 5.41) is 0. The number of rotatable bonds is 3. The molecule has 1 fully saturated rings. The van der Waals surface area contributed by atoms with Gasteiger partial charge in [0.1, 0.15) is 5.52 Å². The summed E-state index contributed by atoms with van der Waals surface area (Å²) in [6, 6.07) is 5.60.